The van der Waals surface area contributed by atoms with Crippen molar-refractivity contribution in [3.8, 4) is 5.75 Å². The van der Waals surface area contributed by atoms with E-state index in [2.05, 4.69) is 5.10 Å². The Hall–Kier alpha value is -1.81. The molecule has 1 aromatic carbocycles. The Bertz CT molecular complexity index is 644. The SMILES string of the molecule is COc1cc(C)c(C(O)c2c(C)nn(C)c2C)cc1C. The average molecular weight is 274 g/mol. The van der Waals surface area contributed by atoms with Crippen LogP contribution in [-0.4, -0.2) is 22.0 Å². The predicted octanol–water partition coefficient (Wildman–Crippen LogP) is 2.74. The van der Waals surface area contributed by atoms with E-state index >= 15 is 0 Å². The Balaban J connectivity index is 2.53. The van der Waals surface area contributed by atoms with E-state index in [-0.39, 0.29) is 0 Å². The van der Waals surface area contributed by atoms with E-state index in [0.29, 0.717) is 0 Å². The lowest BCUT2D eigenvalue weighted by atomic mass is 9.94. The van der Waals surface area contributed by atoms with Crippen LogP contribution in [-0.2, 0) is 7.05 Å². The molecule has 0 saturated heterocycles. The molecule has 2 rings (SSSR count). The van der Waals surface area contributed by atoms with Gasteiger partial charge < -0.3 is 9.84 Å². The molecule has 108 valence electrons. The molecular weight excluding hydrogens is 252 g/mol. The third-order valence-electron chi connectivity index (χ3n) is 3.92. The number of aryl methyl sites for hydroxylation is 4. The molecule has 0 amide bonds. The minimum atomic E-state index is -0.659. The minimum absolute atomic E-state index is 0.659. The van der Waals surface area contributed by atoms with Crippen molar-refractivity contribution in [1.29, 1.82) is 0 Å². The molecule has 0 bridgehead atoms. The van der Waals surface area contributed by atoms with Gasteiger partial charge in [-0.25, -0.2) is 0 Å². The lowest BCUT2D eigenvalue weighted by Crippen LogP contribution is -2.06. The fourth-order valence-electron chi connectivity index (χ4n) is 2.67. The van der Waals surface area contributed by atoms with Crippen molar-refractivity contribution < 1.29 is 9.84 Å². The summed E-state index contributed by atoms with van der Waals surface area (Å²) >= 11 is 0. The summed E-state index contributed by atoms with van der Waals surface area (Å²) in [6.45, 7) is 7.88. The summed E-state index contributed by atoms with van der Waals surface area (Å²) in [6.07, 6.45) is -0.659. The molecule has 1 aromatic heterocycles. The van der Waals surface area contributed by atoms with E-state index in [1.54, 1.807) is 11.8 Å². The van der Waals surface area contributed by atoms with Crippen molar-refractivity contribution in [1.82, 2.24) is 9.78 Å². The number of ether oxygens (including phenoxy) is 1. The van der Waals surface area contributed by atoms with E-state index in [4.69, 9.17) is 4.74 Å². The molecule has 0 radical (unpaired) electrons. The highest BCUT2D eigenvalue weighted by molar-refractivity contribution is 5.46. The highest BCUT2D eigenvalue weighted by Crippen LogP contribution is 2.32. The van der Waals surface area contributed by atoms with Crippen molar-refractivity contribution in [3.63, 3.8) is 0 Å². The van der Waals surface area contributed by atoms with Gasteiger partial charge in [0.15, 0.2) is 0 Å². The molecule has 4 nitrogen and oxygen atoms in total. The van der Waals surface area contributed by atoms with Gasteiger partial charge in [-0.15, -0.1) is 0 Å². The number of aliphatic hydroxyl groups is 1. The van der Waals surface area contributed by atoms with Crippen LogP contribution in [0.2, 0.25) is 0 Å². The van der Waals surface area contributed by atoms with E-state index in [1.165, 1.54) is 0 Å². The maximum absolute atomic E-state index is 10.7. The van der Waals surface area contributed by atoms with Gasteiger partial charge >= 0.3 is 0 Å². The largest absolute Gasteiger partial charge is 0.496 e. The maximum atomic E-state index is 10.7. The molecule has 1 heterocycles. The number of rotatable bonds is 3. The van der Waals surface area contributed by atoms with Crippen LogP contribution in [0.15, 0.2) is 12.1 Å². The first-order chi connectivity index (χ1) is 9.36. The number of hydrogen-bond donors (Lipinski definition) is 1. The fourth-order valence-corrected chi connectivity index (χ4v) is 2.67. The van der Waals surface area contributed by atoms with Crippen molar-refractivity contribution in [3.05, 3.63) is 45.8 Å². The summed E-state index contributed by atoms with van der Waals surface area (Å²) in [6, 6.07) is 3.96. The molecule has 4 heteroatoms. The molecule has 1 atom stereocenters. The molecule has 1 unspecified atom stereocenters. The van der Waals surface area contributed by atoms with Crippen LogP contribution in [0.4, 0.5) is 0 Å². The van der Waals surface area contributed by atoms with Crippen LogP contribution >= 0.6 is 0 Å². The normalized spacial score (nSPS) is 12.6. The minimum Gasteiger partial charge on any atom is -0.496 e. The number of hydrogen-bond acceptors (Lipinski definition) is 3. The number of nitrogens with zero attached hydrogens (tertiary/aromatic N) is 2. The third-order valence-corrected chi connectivity index (χ3v) is 3.92. The smallest absolute Gasteiger partial charge is 0.122 e. The summed E-state index contributed by atoms with van der Waals surface area (Å²) in [4.78, 5) is 0. The average Bonchev–Trinajstić information content (AvgIpc) is 2.65. The van der Waals surface area contributed by atoms with Crippen molar-refractivity contribution in [2.75, 3.05) is 7.11 Å². The van der Waals surface area contributed by atoms with Crippen LogP contribution in [0.3, 0.4) is 0 Å². The summed E-state index contributed by atoms with van der Waals surface area (Å²) < 4.78 is 7.12. The Morgan fingerprint density at radius 1 is 1.15 bits per heavy atom. The second kappa shape index (κ2) is 5.29. The highest BCUT2D eigenvalue weighted by Gasteiger charge is 2.21. The van der Waals surface area contributed by atoms with E-state index in [1.807, 2.05) is 46.9 Å². The van der Waals surface area contributed by atoms with Gasteiger partial charge in [-0.05, 0) is 56.5 Å². The van der Waals surface area contributed by atoms with E-state index < -0.39 is 6.10 Å². The van der Waals surface area contributed by atoms with Gasteiger partial charge in [-0.2, -0.15) is 5.10 Å². The second-order valence-corrected chi connectivity index (χ2v) is 5.29. The number of benzene rings is 1. The van der Waals surface area contributed by atoms with Crippen molar-refractivity contribution >= 4 is 0 Å². The molecule has 0 aliphatic heterocycles. The summed E-state index contributed by atoms with van der Waals surface area (Å²) in [5.74, 6) is 0.845. The van der Waals surface area contributed by atoms with Crippen LogP contribution < -0.4 is 4.74 Å². The van der Waals surface area contributed by atoms with Crippen LogP contribution in [0, 0.1) is 27.7 Å². The molecule has 0 spiro atoms. The van der Waals surface area contributed by atoms with Gasteiger partial charge in [-0.1, -0.05) is 0 Å². The van der Waals surface area contributed by atoms with Gasteiger partial charge in [0.05, 0.1) is 12.8 Å². The quantitative estimate of drug-likeness (QED) is 0.936. The number of aromatic nitrogens is 2. The maximum Gasteiger partial charge on any atom is 0.122 e. The van der Waals surface area contributed by atoms with Gasteiger partial charge in [0.2, 0.25) is 0 Å². The zero-order chi connectivity index (χ0) is 15.0. The number of aliphatic hydroxyl groups excluding tert-OH is 1. The molecule has 0 saturated carbocycles. The molecule has 0 aliphatic rings. The first-order valence-corrected chi connectivity index (χ1v) is 6.70. The molecule has 0 aliphatic carbocycles. The Kier molecular flexibility index (Phi) is 3.86. The fraction of sp³-hybridized carbons (Fsp3) is 0.438. The lowest BCUT2D eigenvalue weighted by Gasteiger charge is -2.17. The van der Waals surface area contributed by atoms with E-state index in [9.17, 15) is 5.11 Å². The summed E-state index contributed by atoms with van der Waals surface area (Å²) in [5, 5.41) is 15.1. The second-order valence-electron chi connectivity index (χ2n) is 5.29. The van der Waals surface area contributed by atoms with Crippen LogP contribution in [0.25, 0.3) is 0 Å². The molecule has 0 fully saturated rings. The van der Waals surface area contributed by atoms with Crippen molar-refractivity contribution in [2.45, 2.75) is 33.8 Å². The van der Waals surface area contributed by atoms with Gasteiger partial charge in [0.1, 0.15) is 11.9 Å². The Labute approximate surface area is 120 Å². The molecule has 2 aromatic rings. The number of methoxy groups -OCH3 is 1. The third kappa shape index (κ3) is 2.31. The molecular formula is C16H22N2O2. The zero-order valence-corrected chi connectivity index (χ0v) is 13.0. The Morgan fingerprint density at radius 3 is 2.30 bits per heavy atom. The standard InChI is InChI=1S/C16H22N2O2/c1-9-8-14(20-6)10(2)7-13(9)16(19)15-11(3)17-18(5)12(15)4/h7-8,16,19H,1-6H3. The van der Waals surface area contributed by atoms with Gasteiger partial charge in [0, 0.05) is 18.3 Å². The Morgan fingerprint density at radius 2 is 1.80 bits per heavy atom. The topological polar surface area (TPSA) is 47.3 Å². The first kappa shape index (κ1) is 14.6. The van der Waals surface area contributed by atoms with Gasteiger partial charge in [0.25, 0.3) is 0 Å². The van der Waals surface area contributed by atoms with E-state index in [0.717, 1.165) is 39.4 Å². The predicted molar refractivity (Wildman–Crippen MR) is 79.2 cm³/mol. The first-order valence-electron chi connectivity index (χ1n) is 6.70. The lowest BCUT2D eigenvalue weighted by molar-refractivity contribution is 0.217. The van der Waals surface area contributed by atoms with Crippen LogP contribution in [0.5, 0.6) is 5.75 Å². The highest BCUT2D eigenvalue weighted by atomic mass is 16.5. The zero-order valence-electron chi connectivity index (χ0n) is 13.0. The van der Waals surface area contributed by atoms with Crippen LogP contribution in [0.1, 0.15) is 39.7 Å². The van der Waals surface area contributed by atoms with Crippen molar-refractivity contribution in [2.24, 2.45) is 7.05 Å². The molecule has 1 N–H and O–H groups in total. The summed E-state index contributed by atoms with van der Waals surface area (Å²) in [5.41, 5.74) is 5.69. The summed E-state index contributed by atoms with van der Waals surface area (Å²) in [7, 11) is 3.55. The molecule has 20 heavy (non-hydrogen) atoms. The monoisotopic (exact) mass is 274 g/mol. The van der Waals surface area contributed by atoms with Gasteiger partial charge in [-0.3, -0.25) is 4.68 Å².